The lowest BCUT2D eigenvalue weighted by Crippen LogP contribution is -2.30. The fourth-order valence-corrected chi connectivity index (χ4v) is 11.3. The fourth-order valence-electron chi connectivity index (χ4n) is 11.3. The second kappa shape index (κ2) is 66.9. The molecule has 1 atom stereocenters. The van der Waals surface area contributed by atoms with Crippen molar-refractivity contribution in [2.45, 2.75) is 425 Å². The van der Waals surface area contributed by atoms with Gasteiger partial charge in [0, 0.05) is 19.3 Å². The summed E-state index contributed by atoms with van der Waals surface area (Å²) >= 11 is 0. The zero-order valence-corrected chi connectivity index (χ0v) is 52.8. The molecule has 77 heavy (non-hydrogen) atoms. The van der Waals surface area contributed by atoms with Crippen molar-refractivity contribution < 1.29 is 28.6 Å². The third-order valence-corrected chi connectivity index (χ3v) is 16.6. The zero-order chi connectivity index (χ0) is 55.7. The van der Waals surface area contributed by atoms with E-state index in [1.807, 2.05) is 0 Å². The van der Waals surface area contributed by atoms with Gasteiger partial charge in [-0.2, -0.15) is 0 Å². The zero-order valence-electron chi connectivity index (χ0n) is 52.8. The Bertz CT molecular complexity index is 1160. The first-order valence-corrected chi connectivity index (χ1v) is 35.5. The molecule has 0 aromatic rings. The molecule has 6 nitrogen and oxygen atoms in total. The van der Waals surface area contributed by atoms with Gasteiger partial charge in [0.2, 0.25) is 0 Å². The standard InChI is InChI=1S/C71H138O6/c1-4-7-10-13-16-19-22-25-28-31-33-35-37-40-43-46-49-52-55-58-61-64-70(73)76-67-68(66-75-69(72)63-60-57-54-51-48-45-42-39-30-27-24-21-18-15-12-9-6-3)77-71(74)65-62-59-56-53-50-47-44-41-38-36-34-32-29-26-23-20-17-14-11-8-5-2/h68H,4-67H2,1-3H3. The minimum Gasteiger partial charge on any atom is -0.462 e. The van der Waals surface area contributed by atoms with Crippen LogP contribution in [-0.4, -0.2) is 37.2 Å². The van der Waals surface area contributed by atoms with Gasteiger partial charge in [0.25, 0.3) is 0 Å². The summed E-state index contributed by atoms with van der Waals surface area (Å²) in [7, 11) is 0. The first-order chi connectivity index (χ1) is 38.0. The average Bonchev–Trinajstić information content (AvgIpc) is 3.43. The van der Waals surface area contributed by atoms with Crippen LogP contribution in [-0.2, 0) is 28.6 Å². The molecule has 6 heteroatoms. The number of ether oxygens (including phenoxy) is 3. The molecule has 0 saturated heterocycles. The average molecular weight is 1090 g/mol. The number of carbonyl (C=O) groups excluding carboxylic acids is 3. The molecule has 0 N–H and O–H groups in total. The van der Waals surface area contributed by atoms with E-state index in [0.29, 0.717) is 19.3 Å². The summed E-state index contributed by atoms with van der Waals surface area (Å²) in [4.78, 5) is 38.5. The van der Waals surface area contributed by atoms with Crippen LogP contribution >= 0.6 is 0 Å². The van der Waals surface area contributed by atoms with E-state index >= 15 is 0 Å². The molecule has 0 amide bonds. The molecule has 0 fully saturated rings. The number of unbranched alkanes of at least 4 members (excludes halogenated alkanes) is 56. The van der Waals surface area contributed by atoms with Gasteiger partial charge in [-0.15, -0.1) is 0 Å². The van der Waals surface area contributed by atoms with E-state index in [0.717, 1.165) is 57.8 Å². The third-order valence-electron chi connectivity index (χ3n) is 16.6. The van der Waals surface area contributed by atoms with Crippen molar-refractivity contribution in [2.75, 3.05) is 13.2 Å². The van der Waals surface area contributed by atoms with Crippen LogP contribution in [0.5, 0.6) is 0 Å². The maximum Gasteiger partial charge on any atom is 0.306 e. The van der Waals surface area contributed by atoms with E-state index in [9.17, 15) is 14.4 Å². The van der Waals surface area contributed by atoms with Crippen LogP contribution in [0, 0.1) is 0 Å². The summed E-state index contributed by atoms with van der Waals surface area (Å²) in [5.41, 5.74) is 0. The highest BCUT2D eigenvalue weighted by Crippen LogP contribution is 2.19. The highest BCUT2D eigenvalue weighted by molar-refractivity contribution is 5.71. The maximum atomic E-state index is 13.0. The second-order valence-corrected chi connectivity index (χ2v) is 24.5. The van der Waals surface area contributed by atoms with Crippen molar-refractivity contribution in [3.63, 3.8) is 0 Å². The van der Waals surface area contributed by atoms with Gasteiger partial charge in [-0.1, -0.05) is 380 Å². The SMILES string of the molecule is CCCCCCCCCCCCCCCCCCCCCCCC(=O)OCC(COC(=O)CCCCCCCCCCCCCCCCCCC)OC(=O)CCCCCCCCCCCCCCCCCCCCCCC. The Balaban J connectivity index is 4.26. The predicted octanol–water partition coefficient (Wildman–Crippen LogP) is 24.2. The summed E-state index contributed by atoms with van der Waals surface area (Å²) in [5, 5.41) is 0. The van der Waals surface area contributed by atoms with Gasteiger partial charge in [0.05, 0.1) is 0 Å². The molecular formula is C71H138O6. The molecule has 0 radical (unpaired) electrons. The number of esters is 3. The minimum atomic E-state index is -0.763. The molecular weight excluding hydrogens is 949 g/mol. The Morgan fingerprint density at radius 2 is 0.351 bits per heavy atom. The first-order valence-electron chi connectivity index (χ1n) is 35.5. The van der Waals surface area contributed by atoms with Crippen LogP contribution in [0.2, 0.25) is 0 Å². The highest BCUT2D eigenvalue weighted by atomic mass is 16.6. The molecule has 0 aliphatic rings. The van der Waals surface area contributed by atoms with Crippen molar-refractivity contribution in [3.05, 3.63) is 0 Å². The highest BCUT2D eigenvalue weighted by Gasteiger charge is 2.19. The number of carbonyl (C=O) groups is 3. The molecule has 0 aromatic heterocycles. The van der Waals surface area contributed by atoms with Gasteiger partial charge >= 0.3 is 17.9 Å². The van der Waals surface area contributed by atoms with E-state index in [-0.39, 0.29) is 31.1 Å². The molecule has 0 spiro atoms. The van der Waals surface area contributed by atoms with Crippen LogP contribution in [0.3, 0.4) is 0 Å². The summed E-state index contributed by atoms with van der Waals surface area (Å²) < 4.78 is 17.0. The molecule has 0 aliphatic heterocycles. The van der Waals surface area contributed by atoms with E-state index in [4.69, 9.17) is 14.2 Å². The molecule has 0 saturated carbocycles. The molecule has 0 bridgehead atoms. The molecule has 0 aliphatic carbocycles. The largest absolute Gasteiger partial charge is 0.462 e. The van der Waals surface area contributed by atoms with Gasteiger partial charge in [-0.05, 0) is 19.3 Å². The van der Waals surface area contributed by atoms with Gasteiger partial charge in [-0.3, -0.25) is 14.4 Å². The van der Waals surface area contributed by atoms with Crippen molar-refractivity contribution in [2.24, 2.45) is 0 Å². The maximum absolute atomic E-state index is 13.0. The van der Waals surface area contributed by atoms with Crippen LogP contribution < -0.4 is 0 Å². The molecule has 0 rings (SSSR count). The number of hydrogen-bond donors (Lipinski definition) is 0. The Morgan fingerprint density at radius 1 is 0.208 bits per heavy atom. The lowest BCUT2D eigenvalue weighted by atomic mass is 10.0. The number of rotatable bonds is 67. The third kappa shape index (κ3) is 65.1. The quantitative estimate of drug-likeness (QED) is 0.0343. The van der Waals surface area contributed by atoms with Gasteiger partial charge in [-0.25, -0.2) is 0 Å². The topological polar surface area (TPSA) is 78.9 Å². The predicted molar refractivity (Wildman–Crippen MR) is 335 cm³/mol. The van der Waals surface area contributed by atoms with E-state index in [1.165, 1.54) is 321 Å². The Kier molecular flexibility index (Phi) is 65.5. The number of hydrogen-bond acceptors (Lipinski definition) is 6. The van der Waals surface area contributed by atoms with Gasteiger partial charge < -0.3 is 14.2 Å². The molecule has 1 unspecified atom stereocenters. The molecule has 0 aromatic carbocycles. The van der Waals surface area contributed by atoms with Crippen molar-refractivity contribution in [1.82, 2.24) is 0 Å². The summed E-state index contributed by atoms with van der Waals surface area (Å²) in [6.07, 6.45) is 78.4. The van der Waals surface area contributed by atoms with Crippen molar-refractivity contribution in [1.29, 1.82) is 0 Å². The lowest BCUT2D eigenvalue weighted by Gasteiger charge is -2.18. The molecule has 0 heterocycles. The first kappa shape index (κ1) is 75.4. The second-order valence-electron chi connectivity index (χ2n) is 24.5. The normalized spacial score (nSPS) is 11.9. The fraction of sp³-hybridized carbons (Fsp3) is 0.958. The summed E-state index contributed by atoms with van der Waals surface area (Å²) in [6.45, 7) is 6.75. The monoisotopic (exact) mass is 1090 g/mol. The van der Waals surface area contributed by atoms with Gasteiger partial charge in [0.1, 0.15) is 13.2 Å². The summed E-state index contributed by atoms with van der Waals surface area (Å²) in [6, 6.07) is 0. The summed E-state index contributed by atoms with van der Waals surface area (Å²) in [5.74, 6) is -0.817. The van der Waals surface area contributed by atoms with E-state index in [1.54, 1.807) is 0 Å². The minimum absolute atomic E-state index is 0.0600. The molecule has 458 valence electrons. The Morgan fingerprint density at radius 3 is 0.519 bits per heavy atom. The van der Waals surface area contributed by atoms with Crippen LogP contribution in [0.4, 0.5) is 0 Å². The van der Waals surface area contributed by atoms with Crippen LogP contribution in [0.15, 0.2) is 0 Å². The van der Waals surface area contributed by atoms with Gasteiger partial charge in [0.15, 0.2) is 6.10 Å². The Hall–Kier alpha value is -1.59. The smallest absolute Gasteiger partial charge is 0.306 e. The van der Waals surface area contributed by atoms with Crippen molar-refractivity contribution in [3.8, 4) is 0 Å². The Labute approximate surface area is 482 Å². The van der Waals surface area contributed by atoms with E-state index < -0.39 is 6.10 Å². The van der Waals surface area contributed by atoms with E-state index in [2.05, 4.69) is 20.8 Å². The van der Waals surface area contributed by atoms with Crippen LogP contribution in [0.1, 0.15) is 419 Å². The van der Waals surface area contributed by atoms with Crippen molar-refractivity contribution >= 4 is 17.9 Å². The van der Waals surface area contributed by atoms with Crippen LogP contribution in [0.25, 0.3) is 0 Å². The lowest BCUT2D eigenvalue weighted by molar-refractivity contribution is -0.167.